The third-order valence-corrected chi connectivity index (χ3v) is 3.63. The molecule has 0 amide bonds. The van der Waals surface area contributed by atoms with Gasteiger partial charge in [0, 0.05) is 17.0 Å². The Morgan fingerprint density at radius 2 is 1.87 bits per heavy atom. The molecule has 2 aromatic carbocycles. The summed E-state index contributed by atoms with van der Waals surface area (Å²) in [5.74, 6) is 0.633. The number of aromatic hydroxyl groups is 2. The van der Waals surface area contributed by atoms with Gasteiger partial charge in [-0.25, -0.2) is 4.98 Å². The molecule has 0 aliphatic carbocycles. The maximum Gasteiger partial charge on any atom is 0.147 e. The van der Waals surface area contributed by atoms with Crippen LogP contribution in [0.4, 0.5) is 5.82 Å². The molecule has 5 heteroatoms. The summed E-state index contributed by atoms with van der Waals surface area (Å²) in [6, 6.07) is 14.3. The van der Waals surface area contributed by atoms with Crippen molar-refractivity contribution in [3.63, 3.8) is 0 Å². The van der Waals surface area contributed by atoms with Gasteiger partial charge in [-0.3, -0.25) is 5.43 Å². The number of nitrogens with one attached hydrogen (secondary N) is 1. The van der Waals surface area contributed by atoms with Crippen LogP contribution in [0.25, 0.3) is 10.9 Å². The molecule has 3 aromatic rings. The molecule has 116 valence electrons. The van der Waals surface area contributed by atoms with Gasteiger partial charge in [-0.15, -0.1) is 0 Å². The summed E-state index contributed by atoms with van der Waals surface area (Å²) < 4.78 is 0. The monoisotopic (exact) mass is 307 g/mol. The van der Waals surface area contributed by atoms with E-state index in [1.165, 1.54) is 12.1 Å². The number of anilines is 1. The van der Waals surface area contributed by atoms with Gasteiger partial charge in [-0.05, 0) is 43.7 Å². The zero-order valence-electron chi connectivity index (χ0n) is 12.9. The zero-order valence-corrected chi connectivity index (χ0v) is 12.9. The smallest absolute Gasteiger partial charge is 0.147 e. The van der Waals surface area contributed by atoms with Crippen molar-refractivity contribution < 1.29 is 10.2 Å². The maximum atomic E-state index is 9.86. The van der Waals surface area contributed by atoms with E-state index in [2.05, 4.69) is 15.5 Å². The van der Waals surface area contributed by atoms with Gasteiger partial charge in [0.15, 0.2) is 0 Å². The predicted molar refractivity (Wildman–Crippen MR) is 92.1 cm³/mol. The molecule has 0 atom stereocenters. The molecule has 1 heterocycles. The Morgan fingerprint density at radius 1 is 1.09 bits per heavy atom. The lowest BCUT2D eigenvalue weighted by Crippen LogP contribution is -2.01. The molecule has 3 N–H and O–H groups in total. The molecule has 0 unspecified atom stereocenters. The van der Waals surface area contributed by atoms with Crippen LogP contribution in [0, 0.1) is 6.92 Å². The number of pyridine rings is 1. The first-order valence-corrected chi connectivity index (χ1v) is 7.23. The first-order valence-electron chi connectivity index (χ1n) is 7.23. The Hall–Kier alpha value is -3.08. The molecule has 5 nitrogen and oxygen atoms in total. The van der Waals surface area contributed by atoms with Crippen molar-refractivity contribution in [3.8, 4) is 11.5 Å². The highest BCUT2D eigenvalue weighted by Crippen LogP contribution is 2.24. The normalized spacial score (nSPS) is 11.7. The van der Waals surface area contributed by atoms with Crippen molar-refractivity contribution in [2.45, 2.75) is 13.8 Å². The molecular weight excluding hydrogens is 290 g/mol. The largest absolute Gasteiger partial charge is 0.508 e. The average Bonchev–Trinajstić information content (AvgIpc) is 2.53. The van der Waals surface area contributed by atoms with E-state index < -0.39 is 0 Å². The van der Waals surface area contributed by atoms with Crippen molar-refractivity contribution in [2.75, 3.05) is 5.43 Å². The van der Waals surface area contributed by atoms with Crippen LogP contribution >= 0.6 is 0 Å². The molecule has 0 spiro atoms. The third kappa shape index (κ3) is 3.08. The van der Waals surface area contributed by atoms with Gasteiger partial charge >= 0.3 is 0 Å². The number of aromatic nitrogens is 1. The van der Waals surface area contributed by atoms with E-state index in [0.29, 0.717) is 17.1 Å². The van der Waals surface area contributed by atoms with Crippen LogP contribution in [0.3, 0.4) is 0 Å². The topological polar surface area (TPSA) is 77.7 Å². The average molecular weight is 307 g/mol. The first-order chi connectivity index (χ1) is 11.0. The second-order valence-electron chi connectivity index (χ2n) is 5.35. The molecule has 0 saturated carbocycles. The number of hydrogen-bond acceptors (Lipinski definition) is 5. The minimum absolute atomic E-state index is 0.0128. The van der Waals surface area contributed by atoms with E-state index in [4.69, 9.17) is 0 Å². The molecule has 0 saturated heterocycles. The quantitative estimate of drug-likeness (QED) is 0.508. The molecule has 0 bridgehead atoms. The number of benzene rings is 2. The Morgan fingerprint density at radius 3 is 2.65 bits per heavy atom. The lowest BCUT2D eigenvalue weighted by atomic mass is 10.1. The van der Waals surface area contributed by atoms with Crippen LogP contribution in [0.2, 0.25) is 0 Å². The van der Waals surface area contributed by atoms with E-state index in [-0.39, 0.29) is 11.5 Å². The van der Waals surface area contributed by atoms with Crippen LogP contribution in [0.15, 0.2) is 53.6 Å². The van der Waals surface area contributed by atoms with E-state index in [9.17, 15) is 10.2 Å². The summed E-state index contributed by atoms with van der Waals surface area (Å²) in [5.41, 5.74) is 6.07. The number of para-hydroxylation sites is 1. The molecule has 0 fully saturated rings. The lowest BCUT2D eigenvalue weighted by Gasteiger charge is -2.08. The Bertz CT molecular complexity index is 904. The van der Waals surface area contributed by atoms with Gasteiger partial charge in [0.2, 0.25) is 0 Å². The van der Waals surface area contributed by atoms with E-state index in [0.717, 1.165) is 16.5 Å². The second kappa shape index (κ2) is 5.96. The standard InChI is InChI=1S/C18H17N3O2/c1-11-9-18(19-16-6-4-3-5-14(11)16)21-20-12(2)15-8-7-13(22)10-17(15)23/h3-10,22-23H,1-2H3,(H,19,21)/b20-12-. The van der Waals surface area contributed by atoms with Gasteiger partial charge in [-0.1, -0.05) is 18.2 Å². The molecule has 0 aliphatic rings. The van der Waals surface area contributed by atoms with Gasteiger partial charge in [0.25, 0.3) is 0 Å². The summed E-state index contributed by atoms with van der Waals surface area (Å²) in [7, 11) is 0. The van der Waals surface area contributed by atoms with Crippen LogP contribution in [0.1, 0.15) is 18.1 Å². The number of aryl methyl sites for hydroxylation is 1. The van der Waals surface area contributed by atoms with Crippen molar-refractivity contribution in [2.24, 2.45) is 5.10 Å². The Kier molecular flexibility index (Phi) is 3.85. The molecule has 3 rings (SSSR count). The van der Waals surface area contributed by atoms with E-state index in [1.54, 1.807) is 13.0 Å². The van der Waals surface area contributed by atoms with Crippen LogP contribution in [-0.4, -0.2) is 20.9 Å². The summed E-state index contributed by atoms with van der Waals surface area (Å²) in [6.45, 7) is 3.80. The SMILES string of the molecule is C/C(=N/Nc1cc(C)c2ccccc2n1)c1ccc(O)cc1O. The molecule has 1 aromatic heterocycles. The number of fused-ring (bicyclic) bond motifs is 1. The fraction of sp³-hybridized carbons (Fsp3) is 0.111. The van der Waals surface area contributed by atoms with Gasteiger partial charge in [0.05, 0.1) is 11.2 Å². The zero-order chi connectivity index (χ0) is 16.4. The minimum atomic E-state index is -0.0179. The van der Waals surface area contributed by atoms with E-state index >= 15 is 0 Å². The fourth-order valence-electron chi connectivity index (χ4n) is 2.43. The molecular formula is C18H17N3O2. The maximum absolute atomic E-state index is 9.86. The summed E-state index contributed by atoms with van der Waals surface area (Å²) >= 11 is 0. The Labute approximate surface area is 133 Å². The summed E-state index contributed by atoms with van der Waals surface area (Å²) in [5, 5.41) is 24.6. The van der Waals surface area contributed by atoms with Crippen molar-refractivity contribution in [1.82, 2.24) is 4.98 Å². The number of phenols is 2. The minimum Gasteiger partial charge on any atom is -0.508 e. The molecule has 0 radical (unpaired) electrons. The number of hydrazone groups is 1. The predicted octanol–water partition coefficient (Wildman–Crippen LogP) is 3.79. The third-order valence-electron chi connectivity index (χ3n) is 3.63. The Balaban J connectivity index is 1.90. The molecule has 23 heavy (non-hydrogen) atoms. The number of nitrogens with zero attached hydrogens (tertiary/aromatic N) is 2. The van der Waals surface area contributed by atoms with Crippen molar-refractivity contribution in [3.05, 3.63) is 59.7 Å². The molecule has 0 aliphatic heterocycles. The first kappa shape index (κ1) is 14.8. The fourth-order valence-corrected chi connectivity index (χ4v) is 2.43. The van der Waals surface area contributed by atoms with Gasteiger partial charge in [0.1, 0.15) is 17.3 Å². The second-order valence-corrected chi connectivity index (χ2v) is 5.35. The van der Waals surface area contributed by atoms with Gasteiger partial charge in [-0.2, -0.15) is 5.10 Å². The van der Waals surface area contributed by atoms with E-state index in [1.807, 2.05) is 37.3 Å². The van der Waals surface area contributed by atoms with Crippen LogP contribution in [-0.2, 0) is 0 Å². The summed E-state index contributed by atoms with van der Waals surface area (Å²) in [4.78, 5) is 4.52. The number of rotatable bonds is 3. The highest BCUT2D eigenvalue weighted by Gasteiger charge is 2.06. The highest BCUT2D eigenvalue weighted by atomic mass is 16.3. The van der Waals surface area contributed by atoms with Gasteiger partial charge < -0.3 is 10.2 Å². The number of hydrogen-bond donors (Lipinski definition) is 3. The summed E-state index contributed by atoms with van der Waals surface area (Å²) in [6.07, 6.45) is 0. The van der Waals surface area contributed by atoms with Crippen molar-refractivity contribution >= 4 is 22.4 Å². The number of phenolic OH excluding ortho intramolecular Hbond substituents is 2. The lowest BCUT2D eigenvalue weighted by molar-refractivity contribution is 0.450. The van der Waals surface area contributed by atoms with Crippen LogP contribution < -0.4 is 5.43 Å². The highest BCUT2D eigenvalue weighted by molar-refractivity contribution is 6.01. The van der Waals surface area contributed by atoms with Crippen molar-refractivity contribution in [1.29, 1.82) is 0 Å². The van der Waals surface area contributed by atoms with Crippen LogP contribution in [0.5, 0.6) is 11.5 Å².